The van der Waals surface area contributed by atoms with Gasteiger partial charge in [-0.05, 0) is 25.8 Å². The van der Waals surface area contributed by atoms with Crippen LogP contribution in [0.1, 0.15) is 41.1 Å². The van der Waals surface area contributed by atoms with Crippen LogP contribution in [-0.4, -0.2) is 32.0 Å². The average Bonchev–Trinajstić information content (AvgIpc) is 3.11. The van der Waals surface area contributed by atoms with Gasteiger partial charge in [0, 0.05) is 37.9 Å². The van der Waals surface area contributed by atoms with Gasteiger partial charge in [-0.3, -0.25) is 4.79 Å². The van der Waals surface area contributed by atoms with Crippen molar-refractivity contribution in [1.29, 1.82) is 0 Å². The van der Waals surface area contributed by atoms with Crippen LogP contribution in [0.5, 0.6) is 0 Å². The largest absolute Gasteiger partial charge is 0.355 e. The van der Waals surface area contributed by atoms with Crippen LogP contribution in [-0.2, 0) is 6.54 Å². The molecule has 1 atom stereocenters. The Morgan fingerprint density at radius 1 is 1.15 bits per heavy atom. The normalized spacial score (nSPS) is 11.8. The highest BCUT2D eigenvalue weighted by atomic mass is 16.1. The van der Waals surface area contributed by atoms with Crippen LogP contribution in [0.2, 0.25) is 0 Å². The summed E-state index contributed by atoms with van der Waals surface area (Å²) in [5.41, 5.74) is 1.50. The van der Waals surface area contributed by atoms with Gasteiger partial charge in [0.25, 0.3) is 5.91 Å². The molecule has 2 aromatic heterocycles. The van der Waals surface area contributed by atoms with Crippen molar-refractivity contribution in [3.05, 3.63) is 72.1 Å². The van der Waals surface area contributed by atoms with E-state index in [4.69, 9.17) is 0 Å². The van der Waals surface area contributed by atoms with Gasteiger partial charge in [-0.2, -0.15) is 0 Å². The molecule has 7 nitrogen and oxygen atoms in total. The van der Waals surface area contributed by atoms with Crippen molar-refractivity contribution in [3.63, 3.8) is 0 Å². The number of hydrogen-bond donors (Lipinski definition) is 2. The Morgan fingerprint density at radius 3 is 2.52 bits per heavy atom. The number of carbonyl (C=O) groups excluding carboxylic acids is 1. The molecule has 0 aliphatic carbocycles. The topological polar surface area (TPSA) is 84.7 Å². The van der Waals surface area contributed by atoms with E-state index in [2.05, 4.69) is 30.2 Å². The van der Waals surface area contributed by atoms with E-state index < -0.39 is 0 Å². The third kappa shape index (κ3) is 4.91. The van der Waals surface area contributed by atoms with Crippen LogP contribution in [0.4, 0.5) is 5.95 Å². The number of aromatic nitrogens is 4. The number of carbonyl (C=O) groups is 1. The minimum atomic E-state index is -0.186. The van der Waals surface area contributed by atoms with Crippen molar-refractivity contribution in [3.8, 4) is 0 Å². The molecule has 0 aliphatic heterocycles. The van der Waals surface area contributed by atoms with Crippen molar-refractivity contribution in [2.75, 3.05) is 11.9 Å². The Kier molecular flexibility index (Phi) is 6.14. The number of nitrogens with zero attached hydrogens (tertiary/aromatic N) is 4. The van der Waals surface area contributed by atoms with Gasteiger partial charge in [0.05, 0.1) is 11.6 Å². The van der Waals surface area contributed by atoms with Crippen molar-refractivity contribution in [1.82, 2.24) is 24.8 Å². The molecule has 7 heteroatoms. The predicted octanol–water partition coefficient (Wildman–Crippen LogP) is 2.97. The Bertz CT molecular complexity index is 860. The van der Waals surface area contributed by atoms with E-state index in [-0.39, 0.29) is 11.9 Å². The monoisotopic (exact) mass is 364 g/mol. The molecule has 0 bridgehead atoms. The summed E-state index contributed by atoms with van der Waals surface area (Å²) in [5.74, 6) is 1.29. The maximum Gasteiger partial charge on any atom is 0.254 e. The molecular weight excluding hydrogens is 340 g/mol. The highest BCUT2D eigenvalue weighted by Gasteiger charge is 2.17. The molecule has 2 N–H and O–H groups in total. The number of benzene rings is 1. The second-order valence-corrected chi connectivity index (χ2v) is 6.22. The van der Waals surface area contributed by atoms with Crippen LogP contribution in [0, 0.1) is 6.92 Å². The van der Waals surface area contributed by atoms with Gasteiger partial charge in [-0.25, -0.2) is 15.0 Å². The average molecular weight is 364 g/mol. The Labute approximate surface area is 158 Å². The standard InChI is InChI=1S/C20H24N6O/c1-3-21-20-23-13-17(14-24-20)19(27)25-18(16-7-5-4-6-8-16)9-11-26-12-10-22-15(26)2/h4-8,10,12-14,18H,3,9,11H2,1-2H3,(H,25,27)(H,21,23,24)/t18-/m0/s1. The molecule has 0 radical (unpaired) electrons. The molecule has 27 heavy (non-hydrogen) atoms. The smallest absolute Gasteiger partial charge is 0.254 e. The maximum atomic E-state index is 12.7. The predicted molar refractivity (Wildman–Crippen MR) is 104 cm³/mol. The van der Waals surface area contributed by atoms with Gasteiger partial charge in [-0.1, -0.05) is 30.3 Å². The van der Waals surface area contributed by atoms with E-state index >= 15 is 0 Å². The fraction of sp³-hybridized carbons (Fsp3) is 0.300. The molecule has 0 saturated carbocycles. The second-order valence-electron chi connectivity index (χ2n) is 6.22. The molecule has 0 spiro atoms. The first kappa shape index (κ1) is 18.6. The number of anilines is 1. The minimum Gasteiger partial charge on any atom is -0.355 e. The zero-order chi connectivity index (χ0) is 19.1. The Hall–Kier alpha value is -3.22. The van der Waals surface area contributed by atoms with Crippen LogP contribution in [0.3, 0.4) is 0 Å². The maximum absolute atomic E-state index is 12.7. The van der Waals surface area contributed by atoms with Crippen molar-refractivity contribution in [2.24, 2.45) is 0 Å². The first-order chi connectivity index (χ1) is 13.2. The van der Waals surface area contributed by atoms with Gasteiger partial charge >= 0.3 is 0 Å². The van der Waals surface area contributed by atoms with Crippen LogP contribution in [0.15, 0.2) is 55.1 Å². The van der Waals surface area contributed by atoms with Crippen molar-refractivity contribution >= 4 is 11.9 Å². The minimum absolute atomic E-state index is 0.117. The van der Waals surface area contributed by atoms with E-state index in [0.717, 1.165) is 30.9 Å². The third-order valence-corrected chi connectivity index (χ3v) is 4.34. The molecule has 0 saturated heterocycles. The number of rotatable bonds is 8. The lowest BCUT2D eigenvalue weighted by molar-refractivity contribution is 0.0933. The quantitative estimate of drug-likeness (QED) is 0.642. The molecule has 1 amide bonds. The molecular formula is C20H24N6O. The summed E-state index contributed by atoms with van der Waals surface area (Å²) >= 11 is 0. The summed E-state index contributed by atoms with van der Waals surface area (Å²) in [6.45, 7) is 5.44. The second kappa shape index (κ2) is 8.93. The van der Waals surface area contributed by atoms with E-state index in [1.54, 1.807) is 18.6 Å². The molecule has 3 rings (SSSR count). The first-order valence-electron chi connectivity index (χ1n) is 9.07. The Morgan fingerprint density at radius 2 is 1.89 bits per heavy atom. The number of amides is 1. The van der Waals surface area contributed by atoms with Gasteiger partial charge in [0.2, 0.25) is 5.95 Å². The van der Waals surface area contributed by atoms with Crippen LogP contribution in [0.25, 0.3) is 0 Å². The van der Waals surface area contributed by atoms with Gasteiger partial charge in [0.15, 0.2) is 0 Å². The molecule has 1 aromatic carbocycles. The highest BCUT2D eigenvalue weighted by Crippen LogP contribution is 2.19. The molecule has 0 aliphatic rings. The zero-order valence-electron chi connectivity index (χ0n) is 15.6. The molecule has 2 heterocycles. The fourth-order valence-electron chi connectivity index (χ4n) is 2.85. The van der Waals surface area contributed by atoms with E-state index in [1.807, 2.05) is 50.4 Å². The highest BCUT2D eigenvalue weighted by molar-refractivity contribution is 5.93. The summed E-state index contributed by atoms with van der Waals surface area (Å²) in [6, 6.07) is 9.85. The van der Waals surface area contributed by atoms with Crippen molar-refractivity contribution < 1.29 is 4.79 Å². The molecule has 3 aromatic rings. The summed E-state index contributed by atoms with van der Waals surface area (Å²) in [5, 5.41) is 6.13. The summed E-state index contributed by atoms with van der Waals surface area (Å²) < 4.78 is 2.08. The number of nitrogens with one attached hydrogen (secondary N) is 2. The molecule has 140 valence electrons. The SMILES string of the molecule is CCNc1ncc(C(=O)N[C@@H](CCn2ccnc2C)c2ccccc2)cn1. The Balaban J connectivity index is 1.72. The molecule has 0 fully saturated rings. The summed E-state index contributed by atoms with van der Waals surface area (Å²) in [4.78, 5) is 25.3. The first-order valence-corrected chi connectivity index (χ1v) is 9.07. The summed E-state index contributed by atoms with van der Waals surface area (Å²) in [7, 11) is 0. The number of imidazole rings is 1. The summed E-state index contributed by atoms with van der Waals surface area (Å²) in [6.07, 6.45) is 7.58. The lowest BCUT2D eigenvalue weighted by Gasteiger charge is -2.20. The third-order valence-electron chi connectivity index (χ3n) is 4.34. The lowest BCUT2D eigenvalue weighted by Crippen LogP contribution is -2.29. The lowest BCUT2D eigenvalue weighted by atomic mass is 10.0. The van der Waals surface area contributed by atoms with E-state index in [9.17, 15) is 4.79 Å². The fourth-order valence-corrected chi connectivity index (χ4v) is 2.85. The number of aryl methyl sites for hydroxylation is 2. The van der Waals surface area contributed by atoms with Crippen molar-refractivity contribution in [2.45, 2.75) is 32.9 Å². The van der Waals surface area contributed by atoms with Gasteiger partial charge in [0.1, 0.15) is 5.82 Å². The van der Waals surface area contributed by atoms with E-state index in [1.165, 1.54) is 0 Å². The van der Waals surface area contributed by atoms with Gasteiger partial charge < -0.3 is 15.2 Å². The zero-order valence-corrected chi connectivity index (χ0v) is 15.6. The van der Waals surface area contributed by atoms with Crippen LogP contribution >= 0.6 is 0 Å². The molecule has 0 unspecified atom stereocenters. The van der Waals surface area contributed by atoms with E-state index in [0.29, 0.717) is 11.5 Å². The van der Waals surface area contributed by atoms with Crippen LogP contribution < -0.4 is 10.6 Å². The number of hydrogen-bond acceptors (Lipinski definition) is 5. The van der Waals surface area contributed by atoms with Gasteiger partial charge in [-0.15, -0.1) is 0 Å².